The van der Waals surface area contributed by atoms with E-state index in [1.165, 1.54) is 98.3 Å². The van der Waals surface area contributed by atoms with Crippen LogP contribution < -0.4 is 26.2 Å². The van der Waals surface area contributed by atoms with Crippen molar-refractivity contribution in [3.63, 3.8) is 0 Å². The summed E-state index contributed by atoms with van der Waals surface area (Å²) in [7, 11) is 0. The van der Waals surface area contributed by atoms with E-state index in [1.807, 2.05) is 11.3 Å². The van der Waals surface area contributed by atoms with Crippen molar-refractivity contribution < 1.29 is 4.42 Å². The summed E-state index contributed by atoms with van der Waals surface area (Å²) in [4.78, 5) is 6.48. The van der Waals surface area contributed by atoms with E-state index in [0.29, 0.717) is 5.92 Å². The zero-order chi connectivity index (χ0) is 44.0. The van der Waals surface area contributed by atoms with Crippen LogP contribution in [-0.4, -0.2) is 17.3 Å². The highest BCUT2D eigenvalue weighted by Crippen LogP contribution is 2.49. The number of benzene rings is 7. The summed E-state index contributed by atoms with van der Waals surface area (Å²) >= 11 is 1.92. The molecule has 3 aliphatic rings. The van der Waals surface area contributed by atoms with Gasteiger partial charge in [-0.25, -0.2) is 0 Å². The van der Waals surface area contributed by atoms with Crippen molar-refractivity contribution in [2.24, 2.45) is 0 Å². The Morgan fingerprint density at radius 3 is 2.34 bits per heavy atom. The zero-order valence-electron chi connectivity index (χ0n) is 38.0. The van der Waals surface area contributed by atoms with Crippen molar-refractivity contribution >= 4 is 116 Å². The Balaban J connectivity index is 1.15. The Kier molecular flexibility index (Phi) is 8.26. The molecule has 65 heavy (non-hydrogen) atoms. The number of thiophene rings is 1. The second-order valence-corrected chi connectivity index (χ2v) is 21.0. The van der Waals surface area contributed by atoms with Crippen LogP contribution >= 0.6 is 11.3 Å². The number of allylic oxidation sites excluding steroid dienone is 2. The van der Waals surface area contributed by atoms with Crippen molar-refractivity contribution in [3.05, 3.63) is 174 Å². The van der Waals surface area contributed by atoms with Crippen molar-refractivity contribution in [1.82, 2.24) is 4.57 Å². The second-order valence-electron chi connectivity index (χ2n) is 20.0. The Bertz CT molecular complexity index is 3720. The molecule has 4 nitrogen and oxygen atoms in total. The molecule has 2 aliphatic heterocycles. The predicted molar refractivity (Wildman–Crippen MR) is 280 cm³/mol. The SMILES string of the molecule is CC1=CC=CCC1N(c1ccc2c(c1)N(c1cccc3c1oc1cc(C(C)(C)C)ccc13)c1cc(C(C)C)cc3c1B2c1cccc2c4c5ccccc5sc4n-3c12)c1ccccc1C. The van der Waals surface area contributed by atoms with E-state index >= 15 is 0 Å². The fraction of sp³-hybridized carbons (Fsp3) is 0.186. The number of aryl methyl sites for hydroxylation is 1. The molecule has 1 unspecified atom stereocenters. The molecule has 0 amide bonds. The number of hydrogen-bond donors (Lipinski definition) is 0. The highest BCUT2D eigenvalue weighted by molar-refractivity contribution is 7.26. The van der Waals surface area contributed by atoms with Crippen LogP contribution in [0.1, 0.15) is 70.6 Å². The quantitative estimate of drug-likeness (QED) is 0.161. The van der Waals surface area contributed by atoms with Gasteiger partial charge in [0, 0.05) is 60.1 Å². The molecule has 5 heterocycles. The van der Waals surface area contributed by atoms with E-state index in [0.717, 1.165) is 34.0 Å². The van der Waals surface area contributed by atoms with Crippen LogP contribution in [0.25, 0.3) is 58.8 Å². The van der Waals surface area contributed by atoms with E-state index in [1.54, 1.807) is 0 Å². The fourth-order valence-corrected chi connectivity index (χ4v) is 12.7. The van der Waals surface area contributed by atoms with Gasteiger partial charge < -0.3 is 18.8 Å². The van der Waals surface area contributed by atoms with Crippen LogP contribution in [0.3, 0.4) is 0 Å². The molecule has 6 heteroatoms. The number of para-hydroxylation sites is 3. The van der Waals surface area contributed by atoms with E-state index in [4.69, 9.17) is 4.42 Å². The van der Waals surface area contributed by atoms with Gasteiger partial charge in [0.1, 0.15) is 10.4 Å². The Morgan fingerprint density at radius 1 is 0.723 bits per heavy atom. The molecule has 7 aromatic carbocycles. The molecule has 0 N–H and O–H groups in total. The van der Waals surface area contributed by atoms with Crippen LogP contribution in [0.15, 0.2) is 162 Å². The molecular weight excluding hydrogens is 810 g/mol. The molecule has 13 rings (SSSR count). The molecule has 0 bridgehead atoms. The van der Waals surface area contributed by atoms with Gasteiger partial charge in [-0.2, -0.15) is 0 Å². The largest absolute Gasteiger partial charge is 0.454 e. The first kappa shape index (κ1) is 38.7. The fourth-order valence-electron chi connectivity index (χ4n) is 11.4. The third-order valence-electron chi connectivity index (χ3n) is 14.7. The van der Waals surface area contributed by atoms with E-state index < -0.39 is 0 Å². The number of rotatable bonds is 5. The minimum absolute atomic E-state index is 0.00573. The molecule has 0 saturated heterocycles. The minimum Gasteiger partial charge on any atom is -0.454 e. The summed E-state index contributed by atoms with van der Waals surface area (Å²) < 4.78 is 11.1. The molecule has 3 aromatic heterocycles. The molecule has 10 aromatic rings. The van der Waals surface area contributed by atoms with Crippen molar-refractivity contribution in [1.29, 1.82) is 0 Å². The lowest BCUT2D eigenvalue weighted by atomic mass is 9.33. The summed E-state index contributed by atoms with van der Waals surface area (Å²) in [6, 6.07) is 51.0. The van der Waals surface area contributed by atoms with Gasteiger partial charge in [0.2, 0.25) is 0 Å². The van der Waals surface area contributed by atoms with Gasteiger partial charge in [-0.3, -0.25) is 0 Å². The standard InChI is InChI=1S/C59H50BN3OS/c1-34(2)37-30-50-55-51(31-37)63-56-43(54-42-18-10-13-25-53(42)65-58(54)63)20-14-21-45(56)60(55)44-29-27-39(61(46-22-11-8-16-35(46)3)47-23-12-9-17-36(47)4)33-49(44)62(50)48-24-15-19-41-40-28-26-38(59(5,6)7)32-52(40)64-57(41)48/h8-22,24-34,47H,23H2,1-7H3. The van der Waals surface area contributed by atoms with Crippen LogP contribution in [-0.2, 0) is 5.41 Å². The van der Waals surface area contributed by atoms with Gasteiger partial charge in [-0.15, -0.1) is 11.3 Å². The molecule has 1 aliphatic carbocycles. The summed E-state index contributed by atoms with van der Waals surface area (Å²) in [5.74, 6) is 0.300. The Hall–Kier alpha value is -6.76. The number of fused-ring (bicyclic) bond motifs is 12. The molecular formula is C59H50BN3OS. The third-order valence-corrected chi connectivity index (χ3v) is 15.9. The van der Waals surface area contributed by atoms with E-state index in [9.17, 15) is 0 Å². The van der Waals surface area contributed by atoms with E-state index in [2.05, 4.69) is 215 Å². The average Bonchev–Trinajstić information content (AvgIpc) is 3.98. The topological polar surface area (TPSA) is 24.6 Å². The maximum Gasteiger partial charge on any atom is 0.252 e. The second kappa shape index (κ2) is 13.9. The van der Waals surface area contributed by atoms with Gasteiger partial charge in [-0.1, -0.05) is 143 Å². The number of furan rings is 1. The van der Waals surface area contributed by atoms with Crippen molar-refractivity contribution in [2.75, 3.05) is 9.80 Å². The first-order valence-corrected chi connectivity index (χ1v) is 24.1. The van der Waals surface area contributed by atoms with E-state index in [-0.39, 0.29) is 18.2 Å². The van der Waals surface area contributed by atoms with Gasteiger partial charge >= 0.3 is 0 Å². The summed E-state index contributed by atoms with van der Waals surface area (Å²) in [6.45, 7) is 16.0. The maximum absolute atomic E-state index is 7.16. The van der Waals surface area contributed by atoms with Crippen LogP contribution in [0, 0.1) is 6.92 Å². The maximum atomic E-state index is 7.16. The van der Waals surface area contributed by atoms with Gasteiger partial charge in [0.15, 0.2) is 5.58 Å². The molecule has 0 radical (unpaired) electrons. The third kappa shape index (κ3) is 5.50. The monoisotopic (exact) mass is 859 g/mol. The minimum atomic E-state index is -0.00573. The van der Waals surface area contributed by atoms with Crippen LogP contribution in [0.2, 0.25) is 0 Å². The lowest BCUT2D eigenvalue weighted by Crippen LogP contribution is -2.60. The first-order valence-electron chi connectivity index (χ1n) is 23.3. The zero-order valence-corrected chi connectivity index (χ0v) is 38.8. The normalized spacial score (nSPS) is 15.5. The molecule has 0 fully saturated rings. The number of aromatic nitrogens is 1. The van der Waals surface area contributed by atoms with Gasteiger partial charge in [-0.05, 0) is 113 Å². The lowest BCUT2D eigenvalue weighted by molar-refractivity contribution is 0.587. The Morgan fingerprint density at radius 2 is 1.51 bits per heavy atom. The summed E-state index contributed by atoms with van der Waals surface area (Å²) in [5.41, 5.74) is 19.5. The predicted octanol–water partition coefficient (Wildman–Crippen LogP) is 14.7. The van der Waals surface area contributed by atoms with Gasteiger partial charge in [0.25, 0.3) is 6.71 Å². The molecule has 1 atom stereocenters. The molecule has 0 saturated carbocycles. The number of hydrogen-bond acceptors (Lipinski definition) is 4. The lowest BCUT2D eigenvalue weighted by Gasteiger charge is -2.42. The van der Waals surface area contributed by atoms with Gasteiger partial charge in [0.05, 0.1) is 17.2 Å². The number of anilines is 5. The molecule has 316 valence electrons. The Labute approximate surface area is 384 Å². The average molecular weight is 860 g/mol. The highest BCUT2D eigenvalue weighted by atomic mass is 32.1. The number of nitrogens with zero attached hydrogens (tertiary/aromatic N) is 3. The van der Waals surface area contributed by atoms with Crippen molar-refractivity contribution in [2.45, 2.75) is 72.3 Å². The van der Waals surface area contributed by atoms with Crippen LogP contribution in [0.4, 0.5) is 28.4 Å². The summed E-state index contributed by atoms with van der Waals surface area (Å²) in [6.07, 6.45) is 7.75. The van der Waals surface area contributed by atoms with Crippen molar-refractivity contribution in [3.8, 4) is 5.69 Å². The molecule has 0 spiro atoms. The summed E-state index contributed by atoms with van der Waals surface area (Å²) in [5, 5.41) is 6.30. The van der Waals surface area contributed by atoms with Crippen LogP contribution in [0.5, 0.6) is 0 Å². The first-order chi connectivity index (χ1) is 31.5. The smallest absolute Gasteiger partial charge is 0.252 e. The highest BCUT2D eigenvalue weighted by Gasteiger charge is 2.44.